The van der Waals surface area contributed by atoms with Crippen molar-refractivity contribution in [3.63, 3.8) is 0 Å². The molecular weight excluding hydrogens is 242 g/mol. The van der Waals surface area contributed by atoms with Crippen LogP contribution >= 0.6 is 34.8 Å². The van der Waals surface area contributed by atoms with E-state index in [4.69, 9.17) is 39.9 Å². The van der Waals surface area contributed by atoms with Gasteiger partial charge in [0.05, 0.1) is 0 Å². The van der Waals surface area contributed by atoms with E-state index in [0.29, 0.717) is 0 Å². The summed E-state index contributed by atoms with van der Waals surface area (Å²) >= 11 is 14.4. The molecule has 80 valence electrons. The molecule has 1 N–H and O–H groups in total. The highest BCUT2D eigenvalue weighted by Gasteiger charge is 1.93. The van der Waals surface area contributed by atoms with E-state index in [0.717, 1.165) is 6.42 Å². The highest BCUT2D eigenvalue weighted by atomic mass is 35.6. The summed E-state index contributed by atoms with van der Waals surface area (Å²) in [5, 5.41) is 8.64. The predicted octanol–water partition coefficient (Wildman–Crippen LogP) is 3.52. The molecule has 1 aromatic carbocycles. The molecule has 0 heterocycles. The van der Waals surface area contributed by atoms with Crippen molar-refractivity contribution < 1.29 is 5.11 Å². The standard InChI is InChI=1S/C9H12O.CHCl3/c1-8-4-2-3-5-9(8)6-7-10;2-1(3)4/h2-5,10H,6-7H2,1H3;1H. The van der Waals surface area contributed by atoms with Gasteiger partial charge in [-0.15, -0.1) is 0 Å². The lowest BCUT2D eigenvalue weighted by Crippen LogP contribution is -1.92. The van der Waals surface area contributed by atoms with E-state index in [2.05, 4.69) is 13.0 Å². The van der Waals surface area contributed by atoms with Gasteiger partial charge in [-0.3, -0.25) is 0 Å². The molecule has 0 unspecified atom stereocenters. The summed E-state index contributed by atoms with van der Waals surface area (Å²) in [6.45, 7) is 2.30. The first-order valence-electron chi connectivity index (χ1n) is 4.15. The SMILES string of the molecule is Cc1ccccc1CCO.ClC(Cl)Cl. The Kier molecular flexibility index (Phi) is 8.40. The molecule has 0 saturated heterocycles. The van der Waals surface area contributed by atoms with Crippen LogP contribution in [0, 0.1) is 6.92 Å². The summed E-state index contributed by atoms with van der Waals surface area (Å²) in [6, 6.07) is 8.12. The first-order valence-corrected chi connectivity index (χ1v) is 5.46. The fourth-order valence-electron chi connectivity index (χ4n) is 1.01. The minimum Gasteiger partial charge on any atom is -0.396 e. The highest BCUT2D eigenvalue weighted by Crippen LogP contribution is 2.06. The average Bonchev–Trinajstić information content (AvgIpc) is 2.08. The van der Waals surface area contributed by atoms with Crippen LogP contribution in [0.25, 0.3) is 0 Å². The number of alkyl halides is 3. The maximum atomic E-state index is 8.64. The van der Waals surface area contributed by atoms with Gasteiger partial charge >= 0.3 is 0 Å². The minimum absolute atomic E-state index is 0.241. The Hall–Kier alpha value is 0.0500. The lowest BCUT2D eigenvalue weighted by molar-refractivity contribution is 0.299. The number of aliphatic hydroxyl groups is 1. The molecule has 0 aliphatic carbocycles. The Morgan fingerprint density at radius 1 is 1.21 bits per heavy atom. The summed E-state index contributed by atoms with van der Waals surface area (Å²) < 4.78 is -0.750. The molecule has 0 aromatic heterocycles. The molecule has 0 radical (unpaired) electrons. The molecule has 0 amide bonds. The summed E-state index contributed by atoms with van der Waals surface area (Å²) in [7, 11) is 0. The Labute approximate surface area is 99.6 Å². The second-order valence-corrected chi connectivity index (χ2v) is 4.63. The molecule has 0 spiro atoms. The number of hydrogen-bond acceptors (Lipinski definition) is 1. The first-order chi connectivity index (χ1) is 6.57. The van der Waals surface area contributed by atoms with Gasteiger partial charge in [0.1, 0.15) is 0 Å². The van der Waals surface area contributed by atoms with Crippen LogP contribution in [0.3, 0.4) is 0 Å². The van der Waals surface area contributed by atoms with Gasteiger partial charge < -0.3 is 5.11 Å². The van der Waals surface area contributed by atoms with Crippen LogP contribution in [0.2, 0.25) is 0 Å². The van der Waals surface area contributed by atoms with Gasteiger partial charge in [-0.05, 0) is 24.5 Å². The lowest BCUT2D eigenvalue weighted by Gasteiger charge is -2.00. The largest absolute Gasteiger partial charge is 0.396 e. The zero-order chi connectivity index (χ0) is 11.0. The van der Waals surface area contributed by atoms with Crippen molar-refractivity contribution in [1.82, 2.24) is 0 Å². The van der Waals surface area contributed by atoms with Gasteiger partial charge in [0.15, 0.2) is 4.30 Å². The van der Waals surface area contributed by atoms with Crippen LogP contribution < -0.4 is 0 Å². The summed E-state index contributed by atoms with van der Waals surface area (Å²) in [5.41, 5.74) is 2.50. The van der Waals surface area contributed by atoms with E-state index < -0.39 is 4.30 Å². The van der Waals surface area contributed by atoms with Crippen molar-refractivity contribution in [3.8, 4) is 0 Å². The predicted molar refractivity (Wildman–Crippen MR) is 63.3 cm³/mol. The van der Waals surface area contributed by atoms with Gasteiger partial charge in [0.2, 0.25) is 0 Å². The molecule has 0 aliphatic heterocycles. The van der Waals surface area contributed by atoms with Crippen molar-refractivity contribution >= 4 is 34.8 Å². The zero-order valence-corrected chi connectivity index (χ0v) is 10.1. The van der Waals surface area contributed by atoms with E-state index in [9.17, 15) is 0 Å². The molecule has 1 rings (SSSR count). The zero-order valence-electron chi connectivity index (χ0n) is 7.88. The topological polar surface area (TPSA) is 20.2 Å². The van der Waals surface area contributed by atoms with Crippen molar-refractivity contribution in [2.24, 2.45) is 0 Å². The second-order valence-electron chi connectivity index (χ2n) is 2.65. The van der Waals surface area contributed by atoms with Crippen molar-refractivity contribution in [2.45, 2.75) is 17.6 Å². The number of rotatable bonds is 2. The molecule has 1 aromatic rings. The molecule has 4 heteroatoms. The summed E-state index contributed by atoms with van der Waals surface area (Å²) in [6.07, 6.45) is 0.771. The molecule has 14 heavy (non-hydrogen) atoms. The molecule has 0 bridgehead atoms. The van der Waals surface area contributed by atoms with Crippen molar-refractivity contribution in [2.75, 3.05) is 6.61 Å². The van der Waals surface area contributed by atoms with Gasteiger partial charge in [-0.2, -0.15) is 0 Å². The quantitative estimate of drug-likeness (QED) is 0.802. The fraction of sp³-hybridized carbons (Fsp3) is 0.400. The van der Waals surface area contributed by atoms with Crippen LogP contribution in [0.5, 0.6) is 0 Å². The maximum absolute atomic E-state index is 8.64. The number of halogens is 3. The Bertz CT molecular complexity index is 248. The number of aliphatic hydroxyl groups excluding tert-OH is 1. The molecule has 0 fully saturated rings. The normalized spacial score (nSPS) is 9.57. The molecule has 0 saturated carbocycles. The van der Waals surface area contributed by atoms with Gasteiger partial charge in [0, 0.05) is 6.61 Å². The monoisotopic (exact) mass is 254 g/mol. The van der Waals surface area contributed by atoms with Crippen LogP contribution in [-0.2, 0) is 6.42 Å². The molecule has 0 atom stereocenters. The Morgan fingerprint density at radius 2 is 1.71 bits per heavy atom. The van der Waals surface area contributed by atoms with E-state index in [1.165, 1.54) is 11.1 Å². The Morgan fingerprint density at radius 3 is 2.14 bits per heavy atom. The molecular formula is C10H13Cl3O. The highest BCUT2D eigenvalue weighted by molar-refractivity contribution is 6.63. The van der Waals surface area contributed by atoms with Crippen LogP contribution in [0.15, 0.2) is 24.3 Å². The third kappa shape index (κ3) is 7.45. The third-order valence-electron chi connectivity index (χ3n) is 1.64. The number of aryl methyl sites for hydroxylation is 1. The van der Waals surface area contributed by atoms with Crippen LogP contribution in [0.4, 0.5) is 0 Å². The summed E-state index contributed by atoms with van der Waals surface area (Å²) in [5.74, 6) is 0. The number of benzene rings is 1. The maximum Gasteiger partial charge on any atom is 0.180 e. The second kappa shape index (κ2) is 8.37. The molecule has 0 aliphatic rings. The lowest BCUT2D eigenvalue weighted by atomic mass is 10.1. The van der Waals surface area contributed by atoms with E-state index in [-0.39, 0.29) is 6.61 Å². The molecule has 1 nitrogen and oxygen atoms in total. The van der Waals surface area contributed by atoms with Crippen LogP contribution in [-0.4, -0.2) is 16.0 Å². The van der Waals surface area contributed by atoms with E-state index in [1.54, 1.807) is 0 Å². The first kappa shape index (κ1) is 14.1. The number of hydrogen-bond donors (Lipinski definition) is 1. The Balaban J connectivity index is 0.000000364. The van der Waals surface area contributed by atoms with Crippen molar-refractivity contribution in [3.05, 3.63) is 35.4 Å². The van der Waals surface area contributed by atoms with Gasteiger partial charge in [-0.25, -0.2) is 0 Å². The van der Waals surface area contributed by atoms with Crippen LogP contribution in [0.1, 0.15) is 11.1 Å². The van der Waals surface area contributed by atoms with E-state index in [1.807, 2.05) is 18.2 Å². The van der Waals surface area contributed by atoms with Gasteiger partial charge in [-0.1, -0.05) is 59.1 Å². The fourth-order valence-corrected chi connectivity index (χ4v) is 1.01. The van der Waals surface area contributed by atoms with Gasteiger partial charge in [0.25, 0.3) is 0 Å². The minimum atomic E-state index is -0.750. The van der Waals surface area contributed by atoms with Crippen molar-refractivity contribution in [1.29, 1.82) is 0 Å². The summed E-state index contributed by atoms with van der Waals surface area (Å²) in [4.78, 5) is 0. The van der Waals surface area contributed by atoms with E-state index >= 15 is 0 Å². The average molecular weight is 256 g/mol. The third-order valence-corrected chi connectivity index (χ3v) is 1.64. The smallest absolute Gasteiger partial charge is 0.180 e.